The summed E-state index contributed by atoms with van der Waals surface area (Å²) in [6.45, 7) is 7.61. The fraction of sp³-hybridized carbons (Fsp3) is 0.433. The van der Waals surface area contributed by atoms with Crippen LogP contribution < -0.4 is 15.4 Å². The first-order valence-corrected chi connectivity index (χ1v) is 14.2. The maximum Gasteiger partial charge on any atom is 0.416 e. The van der Waals surface area contributed by atoms with Crippen molar-refractivity contribution in [2.24, 2.45) is 7.05 Å². The van der Waals surface area contributed by atoms with E-state index in [-0.39, 0.29) is 17.7 Å². The van der Waals surface area contributed by atoms with Crippen molar-refractivity contribution in [3.8, 4) is 17.0 Å². The van der Waals surface area contributed by atoms with Crippen molar-refractivity contribution in [2.75, 3.05) is 31.6 Å². The molecule has 1 aliphatic heterocycles. The second-order valence-corrected chi connectivity index (χ2v) is 11.7. The molecule has 1 fully saturated rings. The normalized spacial score (nSPS) is 14.5. The number of carbonyl (C=O) groups is 2. The zero-order chi connectivity index (χ0) is 31.4. The van der Waals surface area contributed by atoms with E-state index < -0.39 is 23.2 Å². The van der Waals surface area contributed by atoms with Gasteiger partial charge in [0.15, 0.2) is 0 Å². The molecule has 2 aromatic carbocycles. The van der Waals surface area contributed by atoms with E-state index in [1.165, 1.54) is 18.3 Å². The van der Waals surface area contributed by atoms with Crippen molar-refractivity contribution < 1.29 is 32.2 Å². The van der Waals surface area contributed by atoms with Crippen LogP contribution in [-0.4, -0.2) is 64.6 Å². The number of piperidine rings is 1. The molecule has 0 unspecified atom stereocenters. The van der Waals surface area contributed by atoms with Gasteiger partial charge in [0.1, 0.15) is 18.0 Å². The molecule has 2 heterocycles. The van der Waals surface area contributed by atoms with Crippen molar-refractivity contribution in [1.29, 1.82) is 0 Å². The van der Waals surface area contributed by atoms with Crippen LogP contribution in [0.15, 0.2) is 48.7 Å². The van der Waals surface area contributed by atoms with Gasteiger partial charge in [0.25, 0.3) is 5.91 Å². The van der Waals surface area contributed by atoms with Crippen LogP contribution >= 0.6 is 11.6 Å². The first kappa shape index (κ1) is 32.2. The molecule has 1 saturated heterocycles. The maximum absolute atomic E-state index is 13.1. The molecule has 9 nitrogen and oxygen atoms in total. The lowest BCUT2D eigenvalue weighted by molar-refractivity contribution is -0.137. The molecular weight excluding hydrogens is 587 g/mol. The topological polar surface area (TPSA) is 97.7 Å². The summed E-state index contributed by atoms with van der Waals surface area (Å²) in [6, 6.07) is 9.36. The average molecular weight is 622 g/mol. The Bertz CT molecular complexity index is 1430. The predicted octanol–water partition coefficient (Wildman–Crippen LogP) is 6.38. The van der Waals surface area contributed by atoms with Crippen LogP contribution in [0.4, 0.5) is 23.7 Å². The van der Waals surface area contributed by atoms with E-state index in [1.807, 2.05) is 20.8 Å². The van der Waals surface area contributed by atoms with Crippen molar-refractivity contribution in [3.05, 3.63) is 64.8 Å². The minimum absolute atomic E-state index is 0.127. The standard InChI is InChI=1S/C30H35ClF3N5O4/c1-29(2,3)43-28(41)39-13-10-21(11-14-39)35-12-15-42-25-9-8-22(17-23(25)26-24(31)18-36-38(26)4)37-27(40)19-6-5-7-20(16-19)30(32,33)34/h5-9,16-18,21,35H,10-15H2,1-4H3,(H,37,40). The number of rotatable bonds is 8. The van der Waals surface area contributed by atoms with Gasteiger partial charge in [-0.25, -0.2) is 4.79 Å². The van der Waals surface area contributed by atoms with Crippen LogP contribution in [0.25, 0.3) is 11.3 Å². The third-order valence-electron chi connectivity index (χ3n) is 6.78. The Labute approximate surface area is 253 Å². The highest BCUT2D eigenvalue weighted by molar-refractivity contribution is 6.33. The van der Waals surface area contributed by atoms with E-state index in [0.29, 0.717) is 54.0 Å². The zero-order valence-electron chi connectivity index (χ0n) is 24.4. The molecule has 0 atom stereocenters. The minimum atomic E-state index is -4.56. The van der Waals surface area contributed by atoms with Crippen molar-refractivity contribution in [3.63, 3.8) is 0 Å². The van der Waals surface area contributed by atoms with Crippen LogP contribution in [0.2, 0.25) is 5.02 Å². The number of aromatic nitrogens is 2. The number of amides is 2. The van der Waals surface area contributed by atoms with Gasteiger partial charge in [-0.15, -0.1) is 0 Å². The lowest BCUT2D eigenvalue weighted by Crippen LogP contribution is -2.47. The van der Waals surface area contributed by atoms with Crippen molar-refractivity contribution in [1.82, 2.24) is 20.0 Å². The van der Waals surface area contributed by atoms with Gasteiger partial charge in [0.2, 0.25) is 0 Å². The molecule has 2 N–H and O–H groups in total. The molecule has 13 heteroatoms. The average Bonchev–Trinajstić information content (AvgIpc) is 3.28. The molecule has 43 heavy (non-hydrogen) atoms. The summed E-state index contributed by atoms with van der Waals surface area (Å²) in [5, 5.41) is 10.7. The van der Waals surface area contributed by atoms with Crippen LogP contribution in [0.1, 0.15) is 49.5 Å². The molecular formula is C30H35ClF3N5O4. The van der Waals surface area contributed by atoms with Gasteiger partial charge >= 0.3 is 12.3 Å². The van der Waals surface area contributed by atoms with Gasteiger partial charge in [-0.3, -0.25) is 9.48 Å². The first-order chi connectivity index (χ1) is 20.2. The number of anilines is 1. The number of halogens is 4. The van der Waals surface area contributed by atoms with E-state index in [4.69, 9.17) is 21.1 Å². The monoisotopic (exact) mass is 621 g/mol. The van der Waals surface area contributed by atoms with Gasteiger partial charge in [0, 0.05) is 49.5 Å². The second kappa shape index (κ2) is 13.3. The van der Waals surface area contributed by atoms with Crippen molar-refractivity contribution >= 4 is 29.3 Å². The van der Waals surface area contributed by atoms with E-state index in [9.17, 15) is 22.8 Å². The Morgan fingerprint density at radius 2 is 1.81 bits per heavy atom. The number of alkyl halides is 3. The van der Waals surface area contributed by atoms with Gasteiger partial charge in [0.05, 0.1) is 22.5 Å². The van der Waals surface area contributed by atoms with E-state index >= 15 is 0 Å². The number of nitrogens with one attached hydrogen (secondary N) is 2. The van der Waals surface area contributed by atoms with Gasteiger partial charge < -0.3 is 25.0 Å². The number of hydrogen-bond donors (Lipinski definition) is 2. The highest BCUT2D eigenvalue weighted by Crippen LogP contribution is 2.37. The second-order valence-electron chi connectivity index (χ2n) is 11.3. The number of nitrogens with zero attached hydrogens (tertiary/aromatic N) is 3. The Morgan fingerprint density at radius 3 is 2.44 bits per heavy atom. The Balaban J connectivity index is 1.39. The molecule has 232 valence electrons. The molecule has 2 amide bonds. The molecule has 1 aromatic heterocycles. The highest BCUT2D eigenvalue weighted by atomic mass is 35.5. The SMILES string of the molecule is Cn1ncc(Cl)c1-c1cc(NC(=O)c2cccc(C(F)(F)F)c2)ccc1OCCNC1CCN(C(=O)OC(C)(C)C)CC1. The molecule has 4 rings (SSSR count). The molecule has 0 radical (unpaired) electrons. The summed E-state index contributed by atoms with van der Waals surface area (Å²) in [6.07, 6.45) is -1.81. The molecule has 0 saturated carbocycles. The largest absolute Gasteiger partial charge is 0.492 e. The smallest absolute Gasteiger partial charge is 0.416 e. The van der Waals surface area contributed by atoms with Crippen LogP contribution in [0.5, 0.6) is 5.75 Å². The van der Waals surface area contributed by atoms with Crippen LogP contribution in [0, 0.1) is 0 Å². The minimum Gasteiger partial charge on any atom is -0.492 e. The number of aryl methyl sites for hydroxylation is 1. The van der Waals surface area contributed by atoms with Crippen LogP contribution in [0.3, 0.4) is 0 Å². The summed E-state index contributed by atoms with van der Waals surface area (Å²) >= 11 is 6.42. The lowest BCUT2D eigenvalue weighted by Gasteiger charge is -2.33. The fourth-order valence-corrected chi connectivity index (χ4v) is 4.96. The third kappa shape index (κ3) is 8.64. The first-order valence-electron chi connectivity index (χ1n) is 13.9. The predicted molar refractivity (Wildman–Crippen MR) is 157 cm³/mol. The lowest BCUT2D eigenvalue weighted by atomic mass is 10.1. The fourth-order valence-electron chi connectivity index (χ4n) is 4.69. The quantitative estimate of drug-likeness (QED) is 0.283. The number of ether oxygens (including phenoxy) is 2. The molecule has 0 aliphatic carbocycles. The zero-order valence-corrected chi connectivity index (χ0v) is 25.2. The van der Waals surface area contributed by atoms with E-state index in [2.05, 4.69) is 15.7 Å². The van der Waals surface area contributed by atoms with E-state index in [1.54, 1.807) is 34.8 Å². The molecule has 1 aliphatic rings. The summed E-state index contributed by atoms with van der Waals surface area (Å²) < 4.78 is 52.5. The highest BCUT2D eigenvalue weighted by Gasteiger charge is 2.31. The van der Waals surface area contributed by atoms with Gasteiger partial charge in [-0.2, -0.15) is 18.3 Å². The molecule has 0 spiro atoms. The van der Waals surface area contributed by atoms with Crippen LogP contribution in [-0.2, 0) is 18.0 Å². The summed E-state index contributed by atoms with van der Waals surface area (Å²) in [4.78, 5) is 26.8. The number of benzene rings is 2. The third-order valence-corrected chi connectivity index (χ3v) is 7.05. The molecule has 3 aromatic rings. The summed E-state index contributed by atoms with van der Waals surface area (Å²) in [5.41, 5.74) is -0.121. The number of likely N-dealkylation sites (tertiary alicyclic amines) is 1. The Hall–Kier alpha value is -3.77. The van der Waals surface area contributed by atoms with Gasteiger partial charge in [-0.1, -0.05) is 17.7 Å². The van der Waals surface area contributed by atoms with Crippen molar-refractivity contribution in [2.45, 2.75) is 51.4 Å². The summed E-state index contributed by atoms with van der Waals surface area (Å²) in [7, 11) is 1.71. The maximum atomic E-state index is 13.1. The Morgan fingerprint density at radius 1 is 1.09 bits per heavy atom. The summed E-state index contributed by atoms with van der Waals surface area (Å²) in [5.74, 6) is -0.201. The number of carbonyl (C=O) groups excluding carboxylic acids is 2. The number of hydrogen-bond acceptors (Lipinski definition) is 6. The van der Waals surface area contributed by atoms with Gasteiger partial charge in [-0.05, 0) is 70.0 Å². The van der Waals surface area contributed by atoms with E-state index in [0.717, 1.165) is 25.0 Å². The molecule has 0 bridgehead atoms. The Kier molecular flexibility index (Phi) is 9.91.